The summed E-state index contributed by atoms with van der Waals surface area (Å²) in [6.07, 6.45) is 2.50. The standard InChI is InChI=1S/C11H12ClNO3.C10H10ClNO3.CH4.H2/c1-6-3-7(4-8(12)10(6)13)5-9(16-2)11(14)15;1-5-2-6(3-7(11)9(5)12)4-8(13)10(14)15;;/h3-5H,13H2,1-2H3,(H,14,15);2-4,13H,12H2,1H3,(H,14,15);1H4;1H/b9-5-;8-4-;;/i;;;1+1. The van der Waals surface area contributed by atoms with Gasteiger partial charge in [0.2, 0.25) is 11.5 Å². The highest BCUT2D eigenvalue weighted by Crippen LogP contribution is 2.26. The molecule has 176 valence electrons. The Kier molecular flexibility index (Phi) is 11.2. The minimum absolute atomic E-state index is 0. The Bertz CT molecular complexity index is 1020. The quantitative estimate of drug-likeness (QED) is 0.213. The molecule has 0 spiro atoms. The fourth-order valence-electron chi connectivity index (χ4n) is 2.31. The van der Waals surface area contributed by atoms with E-state index in [4.69, 9.17) is 54.7 Å². The SMILES string of the molecule is C.CO/C(=C\c1cc(C)c(N)c(Cl)c1)C(=O)O.Cc1cc(/C=C(\O)C(=O)O)cc(Cl)c1N.[2HH]. The molecule has 0 unspecified atom stereocenters. The molecule has 8 nitrogen and oxygen atoms in total. The van der Waals surface area contributed by atoms with Crippen LogP contribution in [-0.4, -0.2) is 34.4 Å². The Hall–Kier alpha value is -3.36. The molecule has 0 amide bonds. The van der Waals surface area contributed by atoms with Crippen LogP contribution in [0.5, 0.6) is 0 Å². The van der Waals surface area contributed by atoms with Crippen molar-refractivity contribution in [1.29, 1.82) is 0 Å². The van der Waals surface area contributed by atoms with Gasteiger partial charge in [0, 0.05) is 1.43 Å². The number of nitrogens with two attached hydrogens (primary N) is 2. The smallest absolute Gasteiger partial charge is 0.371 e. The fourth-order valence-corrected chi connectivity index (χ4v) is 2.86. The molecule has 0 aromatic heterocycles. The Morgan fingerprint density at radius 2 is 1.28 bits per heavy atom. The summed E-state index contributed by atoms with van der Waals surface area (Å²) in [6.45, 7) is 3.54. The predicted octanol–water partition coefficient (Wildman–Crippen LogP) is 5.40. The number of hydrogen-bond donors (Lipinski definition) is 5. The fraction of sp³-hybridized carbons (Fsp3) is 0.182. The summed E-state index contributed by atoms with van der Waals surface area (Å²) in [6, 6.07) is 6.46. The Morgan fingerprint density at radius 3 is 1.59 bits per heavy atom. The molecule has 0 aliphatic heterocycles. The number of aliphatic carboxylic acids is 2. The number of carbonyl (C=O) groups is 2. The third kappa shape index (κ3) is 8.05. The Balaban J connectivity index is 0. The summed E-state index contributed by atoms with van der Waals surface area (Å²) in [5.74, 6) is -3.41. The van der Waals surface area contributed by atoms with Crippen molar-refractivity contribution in [1.82, 2.24) is 0 Å². The topological polar surface area (TPSA) is 156 Å². The summed E-state index contributed by atoms with van der Waals surface area (Å²) in [5.41, 5.74) is 14.9. The molecule has 2 aromatic rings. The van der Waals surface area contributed by atoms with Crippen LogP contribution in [0.4, 0.5) is 11.4 Å². The van der Waals surface area contributed by atoms with Crippen LogP contribution in [0.1, 0.15) is 31.1 Å². The molecule has 0 heterocycles. The molecule has 0 saturated heterocycles. The highest BCUT2D eigenvalue weighted by molar-refractivity contribution is 6.33. The molecule has 2 rings (SSSR count). The zero-order valence-electron chi connectivity index (χ0n) is 16.9. The maximum Gasteiger partial charge on any atom is 0.371 e. The number of hydrogen-bond acceptors (Lipinski definition) is 6. The molecule has 2 aromatic carbocycles. The van der Waals surface area contributed by atoms with Crippen molar-refractivity contribution in [2.24, 2.45) is 0 Å². The third-order valence-corrected chi connectivity index (χ3v) is 4.59. The van der Waals surface area contributed by atoms with Crippen LogP contribution in [0.25, 0.3) is 12.2 Å². The van der Waals surface area contributed by atoms with E-state index in [1.54, 1.807) is 32.0 Å². The molecule has 0 fully saturated rings. The van der Waals surface area contributed by atoms with E-state index in [-0.39, 0.29) is 14.6 Å². The number of rotatable bonds is 5. The number of benzene rings is 2. The van der Waals surface area contributed by atoms with Crippen molar-refractivity contribution in [3.05, 3.63) is 68.1 Å². The van der Waals surface area contributed by atoms with Crippen LogP contribution in [0, 0.1) is 13.8 Å². The maximum absolute atomic E-state index is 10.7. The van der Waals surface area contributed by atoms with E-state index in [0.717, 1.165) is 17.2 Å². The van der Waals surface area contributed by atoms with Gasteiger partial charge in [-0.2, -0.15) is 0 Å². The number of ether oxygens (including phenoxy) is 1. The van der Waals surface area contributed by atoms with Crippen LogP contribution in [0.3, 0.4) is 0 Å². The van der Waals surface area contributed by atoms with Gasteiger partial charge in [0.1, 0.15) is 0 Å². The number of aliphatic hydroxyl groups is 1. The normalized spacial score (nSPS) is 11.0. The maximum atomic E-state index is 10.7. The first-order valence-corrected chi connectivity index (χ1v) is 9.37. The molecule has 0 saturated carbocycles. The van der Waals surface area contributed by atoms with Gasteiger partial charge < -0.3 is 31.5 Å². The van der Waals surface area contributed by atoms with Gasteiger partial charge in [-0.3, -0.25) is 0 Å². The van der Waals surface area contributed by atoms with Gasteiger partial charge in [0.25, 0.3) is 0 Å². The number of aryl methyl sites for hydroxylation is 2. The highest BCUT2D eigenvalue weighted by Gasteiger charge is 2.09. The average Bonchev–Trinajstić information content (AvgIpc) is 2.68. The summed E-state index contributed by atoms with van der Waals surface area (Å²) >= 11 is 11.7. The molecule has 0 atom stereocenters. The molecule has 0 aliphatic rings. The predicted molar refractivity (Wildman–Crippen MR) is 131 cm³/mol. The second-order valence-corrected chi connectivity index (χ2v) is 7.13. The lowest BCUT2D eigenvalue weighted by molar-refractivity contribution is -0.136. The van der Waals surface area contributed by atoms with E-state index in [1.807, 2.05) is 0 Å². The lowest BCUT2D eigenvalue weighted by Crippen LogP contribution is -2.02. The van der Waals surface area contributed by atoms with Gasteiger partial charge in [-0.25, -0.2) is 9.59 Å². The van der Waals surface area contributed by atoms with Gasteiger partial charge in [-0.15, -0.1) is 0 Å². The van der Waals surface area contributed by atoms with Gasteiger partial charge >= 0.3 is 11.9 Å². The number of nitrogen functional groups attached to an aromatic ring is 2. The molecule has 32 heavy (non-hydrogen) atoms. The number of anilines is 2. The van der Waals surface area contributed by atoms with E-state index in [2.05, 4.69) is 0 Å². The largest absolute Gasteiger partial charge is 0.502 e. The lowest BCUT2D eigenvalue weighted by atomic mass is 10.1. The summed E-state index contributed by atoms with van der Waals surface area (Å²) in [7, 11) is 1.30. The molecule has 10 heteroatoms. The third-order valence-electron chi connectivity index (χ3n) is 3.97. The second-order valence-electron chi connectivity index (χ2n) is 6.32. The number of methoxy groups -OCH3 is 1. The number of halogens is 2. The first kappa shape index (κ1) is 28.6. The molecule has 0 bridgehead atoms. The number of aliphatic hydroxyl groups excluding tert-OH is 1. The number of carboxylic acid groups (broad SMARTS) is 2. The second kappa shape index (κ2) is 12.5. The van der Waals surface area contributed by atoms with Gasteiger partial charge in [-0.05, 0) is 72.5 Å². The van der Waals surface area contributed by atoms with Gasteiger partial charge in [0.05, 0.1) is 28.5 Å². The first-order valence-electron chi connectivity index (χ1n) is 8.61. The average molecular weight is 488 g/mol. The van der Waals surface area contributed by atoms with Crippen LogP contribution < -0.4 is 11.5 Å². The van der Waals surface area contributed by atoms with Gasteiger partial charge in [-0.1, -0.05) is 30.6 Å². The minimum Gasteiger partial charge on any atom is -0.502 e. The minimum atomic E-state index is -1.39. The van der Waals surface area contributed by atoms with Crippen molar-refractivity contribution in [2.45, 2.75) is 21.3 Å². The Labute approximate surface area is 197 Å². The molecule has 0 radical (unpaired) electrons. The van der Waals surface area contributed by atoms with E-state index in [9.17, 15) is 9.59 Å². The van der Waals surface area contributed by atoms with Crippen molar-refractivity contribution in [2.75, 3.05) is 18.6 Å². The summed E-state index contributed by atoms with van der Waals surface area (Å²) in [5, 5.41) is 27.0. The molecular formula is C22H28Cl2N2O6. The zero-order valence-corrected chi connectivity index (χ0v) is 18.5. The van der Waals surface area contributed by atoms with Crippen LogP contribution in [0.2, 0.25) is 10.0 Å². The zero-order chi connectivity index (χ0) is 23.9. The van der Waals surface area contributed by atoms with E-state index in [0.29, 0.717) is 32.5 Å². The molecule has 0 aliphatic carbocycles. The van der Waals surface area contributed by atoms with E-state index >= 15 is 0 Å². The van der Waals surface area contributed by atoms with Crippen LogP contribution in [-0.2, 0) is 14.3 Å². The molecular weight excluding hydrogens is 459 g/mol. The van der Waals surface area contributed by atoms with Crippen LogP contribution >= 0.6 is 23.2 Å². The monoisotopic (exact) mass is 487 g/mol. The van der Waals surface area contributed by atoms with Crippen LogP contribution in [0.15, 0.2) is 35.8 Å². The summed E-state index contributed by atoms with van der Waals surface area (Å²) < 4.78 is 4.71. The van der Waals surface area contributed by atoms with Gasteiger partial charge in [0.15, 0.2) is 0 Å². The lowest BCUT2D eigenvalue weighted by Gasteiger charge is -2.05. The molecule has 7 N–H and O–H groups in total. The number of carboxylic acids is 2. The van der Waals surface area contributed by atoms with E-state index < -0.39 is 17.7 Å². The first-order chi connectivity index (χ1) is 14.4. The summed E-state index contributed by atoms with van der Waals surface area (Å²) in [4.78, 5) is 21.1. The van der Waals surface area contributed by atoms with Crippen molar-refractivity contribution in [3.8, 4) is 0 Å². The van der Waals surface area contributed by atoms with E-state index in [1.165, 1.54) is 19.3 Å². The van der Waals surface area contributed by atoms with Crippen molar-refractivity contribution in [3.63, 3.8) is 0 Å². The Morgan fingerprint density at radius 1 is 0.875 bits per heavy atom. The van der Waals surface area contributed by atoms with Crippen molar-refractivity contribution < 1.29 is 31.1 Å². The highest BCUT2D eigenvalue weighted by atomic mass is 35.5. The van der Waals surface area contributed by atoms with Crippen molar-refractivity contribution >= 4 is 58.7 Å².